The molecule has 0 saturated carbocycles. The minimum atomic E-state index is -0.191. The lowest BCUT2D eigenvalue weighted by atomic mass is 9.96. The molecule has 3 nitrogen and oxygen atoms in total. The molecule has 0 radical (unpaired) electrons. The molecule has 0 aliphatic carbocycles. The molecule has 0 N–H and O–H groups in total. The van der Waals surface area contributed by atoms with E-state index >= 15 is 0 Å². The van der Waals surface area contributed by atoms with Gasteiger partial charge in [0.05, 0.1) is 6.04 Å². The molecule has 0 unspecified atom stereocenters. The Kier molecular flexibility index (Phi) is 7.06. The smallest absolute Gasteiger partial charge is 0.172 e. The van der Waals surface area contributed by atoms with Gasteiger partial charge in [-0.25, -0.2) is 0 Å². The van der Waals surface area contributed by atoms with Crippen molar-refractivity contribution in [3.8, 4) is 0 Å². The van der Waals surface area contributed by atoms with Gasteiger partial charge in [0.15, 0.2) is 6.29 Å². The minimum Gasteiger partial charge on any atom is -0.354 e. The summed E-state index contributed by atoms with van der Waals surface area (Å²) in [6, 6.07) is 10.7. The normalized spacial score (nSPS) is 14.9. The zero-order chi connectivity index (χ0) is 14.3. The second-order valence-corrected chi connectivity index (χ2v) is 5.12. The van der Waals surface area contributed by atoms with Crippen molar-refractivity contribution in [1.29, 1.82) is 0 Å². The molecule has 2 atom stereocenters. The Labute approximate surface area is 117 Å². The lowest BCUT2D eigenvalue weighted by Crippen LogP contribution is -2.47. The first kappa shape index (κ1) is 16.2. The van der Waals surface area contributed by atoms with Crippen molar-refractivity contribution >= 4 is 0 Å². The maximum Gasteiger partial charge on any atom is 0.172 e. The fourth-order valence-corrected chi connectivity index (χ4v) is 2.50. The Hall–Kier alpha value is -0.900. The maximum atomic E-state index is 5.48. The van der Waals surface area contributed by atoms with Crippen molar-refractivity contribution < 1.29 is 9.47 Å². The Morgan fingerprint density at radius 1 is 1.11 bits per heavy atom. The summed E-state index contributed by atoms with van der Waals surface area (Å²) in [7, 11) is 5.55. The molecule has 0 heterocycles. The van der Waals surface area contributed by atoms with Gasteiger partial charge in [-0.2, -0.15) is 0 Å². The van der Waals surface area contributed by atoms with Gasteiger partial charge in [-0.05, 0) is 18.5 Å². The van der Waals surface area contributed by atoms with Crippen molar-refractivity contribution in [2.75, 3.05) is 21.3 Å². The van der Waals surface area contributed by atoms with E-state index in [-0.39, 0.29) is 12.3 Å². The predicted molar refractivity (Wildman–Crippen MR) is 79.0 cm³/mol. The summed E-state index contributed by atoms with van der Waals surface area (Å²) in [6.07, 6.45) is 0.913. The first-order valence-electron chi connectivity index (χ1n) is 6.93. The number of rotatable bonds is 8. The Balaban J connectivity index is 2.79. The summed E-state index contributed by atoms with van der Waals surface area (Å²) < 4.78 is 11.0. The summed E-state index contributed by atoms with van der Waals surface area (Å²) in [5.74, 6) is 0.513. The highest BCUT2D eigenvalue weighted by atomic mass is 16.7. The number of hydrogen-bond acceptors (Lipinski definition) is 3. The van der Waals surface area contributed by atoms with Gasteiger partial charge in [-0.3, -0.25) is 4.90 Å². The number of nitrogens with zero attached hydrogens (tertiary/aromatic N) is 1. The molecule has 1 rings (SSSR count). The standard InChI is InChI=1S/C16H27NO2/c1-6-13(2)15(16(18-4)19-5)17(3)12-14-10-8-7-9-11-14/h7-11,13,15-16H,6,12H2,1-5H3/t13-,15-/m0/s1. The molecule has 0 saturated heterocycles. The molecule has 0 spiro atoms. The third kappa shape index (κ3) is 4.60. The SMILES string of the molecule is CC[C@H](C)[C@@H](C(OC)OC)N(C)Cc1ccccc1. The van der Waals surface area contributed by atoms with Crippen LogP contribution >= 0.6 is 0 Å². The van der Waals surface area contributed by atoms with Crippen molar-refractivity contribution in [3.05, 3.63) is 35.9 Å². The topological polar surface area (TPSA) is 21.7 Å². The van der Waals surface area contributed by atoms with Crippen LogP contribution in [0.2, 0.25) is 0 Å². The summed E-state index contributed by atoms with van der Waals surface area (Å²) in [4.78, 5) is 2.32. The van der Waals surface area contributed by atoms with Crippen LogP contribution in [0.25, 0.3) is 0 Å². The van der Waals surface area contributed by atoms with Crippen LogP contribution in [0.3, 0.4) is 0 Å². The number of ether oxygens (including phenoxy) is 2. The van der Waals surface area contributed by atoms with Crippen LogP contribution in [0.4, 0.5) is 0 Å². The zero-order valence-corrected chi connectivity index (χ0v) is 12.8. The van der Waals surface area contributed by atoms with Crippen LogP contribution in [0, 0.1) is 5.92 Å². The third-order valence-electron chi connectivity index (χ3n) is 3.75. The maximum absolute atomic E-state index is 5.48. The lowest BCUT2D eigenvalue weighted by Gasteiger charge is -2.36. The van der Waals surface area contributed by atoms with Crippen LogP contribution in [-0.4, -0.2) is 38.5 Å². The van der Waals surface area contributed by atoms with Gasteiger partial charge in [-0.15, -0.1) is 0 Å². The molecule has 0 aliphatic rings. The van der Waals surface area contributed by atoms with Gasteiger partial charge in [0.1, 0.15) is 0 Å². The largest absolute Gasteiger partial charge is 0.354 e. The van der Waals surface area contributed by atoms with E-state index < -0.39 is 0 Å². The van der Waals surface area contributed by atoms with E-state index in [4.69, 9.17) is 9.47 Å². The van der Waals surface area contributed by atoms with E-state index in [1.165, 1.54) is 5.56 Å². The summed E-state index contributed by atoms with van der Waals surface area (Å²) in [5, 5.41) is 0. The van der Waals surface area contributed by atoms with Crippen molar-refractivity contribution in [1.82, 2.24) is 4.90 Å². The Bertz CT molecular complexity index is 338. The predicted octanol–water partition coefficient (Wildman–Crippen LogP) is 3.15. The highest BCUT2D eigenvalue weighted by molar-refractivity contribution is 5.14. The first-order chi connectivity index (χ1) is 9.13. The molecular weight excluding hydrogens is 238 g/mol. The van der Waals surface area contributed by atoms with Crippen LogP contribution in [0.15, 0.2) is 30.3 Å². The van der Waals surface area contributed by atoms with E-state index in [0.29, 0.717) is 5.92 Å². The molecule has 108 valence electrons. The molecule has 0 aromatic heterocycles. The monoisotopic (exact) mass is 265 g/mol. The molecule has 0 aliphatic heterocycles. The van der Waals surface area contributed by atoms with Crippen LogP contribution < -0.4 is 0 Å². The van der Waals surface area contributed by atoms with Gasteiger partial charge in [0, 0.05) is 20.8 Å². The van der Waals surface area contributed by atoms with Gasteiger partial charge >= 0.3 is 0 Å². The van der Waals surface area contributed by atoms with E-state index in [1.807, 2.05) is 6.07 Å². The molecule has 1 aromatic carbocycles. The molecule has 0 amide bonds. The van der Waals surface area contributed by atoms with Gasteiger partial charge in [0.25, 0.3) is 0 Å². The van der Waals surface area contributed by atoms with Crippen molar-refractivity contribution in [2.24, 2.45) is 5.92 Å². The lowest BCUT2D eigenvalue weighted by molar-refractivity contribution is -0.156. The number of likely N-dealkylation sites (N-methyl/N-ethyl adjacent to an activating group) is 1. The zero-order valence-electron chi connectivity index (χ0n) is 12.8. The van der Waals surface area contributed by atoms with Crippen molar-refractivity contribution in [2.45, 2.75) is 39.1 Å². The molecular formula is C16H27NO2. The second kappa shape index (κ2) is 8.31. The molecule has 19 heavy (non-hydrogen) atoms. The molecule has 1 aromatic rings. The van der Waals surface area contributed by atoms with E-state index in [1.54, 1.807) is 14.2 Å². The van der Waals surface area contributed by atoms with Crippen molar-refractivity contribution in [3.63, 3.8) is 0 Å². The molecule has 0 bridgehead atoms. The fourth-order valence-electron chi connectivity index (χ4n) is 2.50. The summed E-state index contributed by atoms with van der Waals surface area (Å²) in [6.45, 7) is 5.35. The van der Waals surface area contributed by atoms with Crippen LogP contribution in [0.5, 0.6) is 0 Å². The highest BCUT2D eigenvalue weighted by Gasteiger charge is 2.29. The quantitative estimate of drug-likeness (QED) is 0.674. The average Bonchev–Trinajstić information content (AvgIpc) is 2.44. The van der Waals surface area contributed by atoms with E-state index in [0.717, 1.165) is 13.0 Å². The average molecular weight is 265 g/mol. The van der Waals surface area contributed by atoms with Gasteiger partial charge in [0.2, 0.25) is 0 Å². The van der Waals surface area contributed by atoms with Crippen LogP contribution in [0.1, 0.15) is 25.8 Å². The van der Waals surface area contributed by atoms with E-state index in [2.05, 4.69) is 50.1 Å². The Morgan fingerprint density at radius 3 is 2.16 bits per heavy atom. The van der Waals surface area contributed by atoms with Crippen LogP contribution in [-0.2, 0) is 16.0 Å². The van der Waals surface area contributed by atoms with Gasteiger partial charge in [-0.1, -0.05) is 50.6 Å². The number of methoxy groups -OCH3 is 2. The molecule has 0 fully saturated rings. The summed E-state index contributed by atoms with van der Waals surface area (Å²) in [5.41, 5.74) is 1.31. The summed E-state index contributed by atoms with van der Waals surface area (Å²) >= 11 is 0. The Morgan fingerprint density at radius 2 is 1.68 bits per heavy atom. The van der Waals surface area contributed by atoms with E-state index in [9.17, 15) is 0 Å². The third-order valence-corrected chi connectivity index (χ3v) is 3.75. The highest BCUT2D eigenvalue weighted by Crippen LogP contribution is 2.21. The fraction of sp³-hybridized carbons (Fsp3) is 0.625. The van der Waals surface area contributed by atoms with Gasteiger partial charge < -0.3 is 9.47 Å². The number of benzene rings is 1. The molecule has 3 heteroatoms. The number of hydrogen-bond donors (Lipinski definition) is 0. The minimum absolute atomic E-state index is 0.191. The second-order valence-electron chi connectivity index (χ2n) is 5.12. The first-order valence-corrected chi connectivity index (χ1v) is 6.93.